The predicted molar refractivity (Wildman–Crippen MR) is 101 cm³/mol. The number of hydrogen-bond donors (Lipinski definition) is 2. The lowest BCUT2D eigenvalue weighted by Crippen LogP contribution is -2.36. The molecule has 1 aromatic carbocycles. The van der Waals surface area contributed by atoms with Gasteiger partial charge in [-0.15, -0.1) is 0 Å². The second-order valence-electron chi connectivity index (χ2n) is 6.32. The molecule has 0 aliphatic carbocycles. The van der Waals surface area contributed by atoms with Gasteiger partial charge in [-0.1, -0.05) is 0 Å². The van der Waals surface area contributed by atoms with Crippen LogP contribution in [0.1, 0.15) is 24.2 Å². The molecule has 0 unspecified atom stereocenters. The number of carbonyl (C=O) groups excluding carboxylic acids is 2. The largest absolute Gasteiger partial charge is 0.452 e. The Hall–Kier alpha value is -2.17. The molecule has 0 radical (unpaired) electrons. The van der Waals surface area contributed by atoms with E-state index >= 15 is 0 Å². The predicted octanol–water partition coefficient (Wildman–Crippen LogP) is 0.365. The zero-order chi connectivity index (χ0) is 20.8. The number of esters is 1. The topological polar surface area (TPSA) is 116 Å². The molecule has 0 aromatic heterocycles. The third-order valence-electron chi connectivity index (χ3n) is 3.91. The van der Waals surface area contributed by atoms with Crippen molar-refractivity contribution in [3.63, 3.8) is 0 Å². The van der Waals surface area contributed by atoms with Crippen molar-refractivity contribution in [3.05, 3.63) is 23.8 Å². The summed E-state index contributed by atoms with van der Waals surface area (Å²) in [4.78, 5) is 25.8. The molecule has 0 saturated carbocycles. The fourth-order valence-electron chi connectivity index (χ4n) is 2.00. The summed E-state index contributed by atoms with van der Waals surface area (Å²) < 4.78 is 30.7. The number of aliphatic hydroxyl groups is 1. The van der Waals surface area contributed by atoms with Crippen LogP contribution in [0.25, 0.3) is 0 Å². The first-order chi connectivity index (χ1) is 12.5. The summed E-state index contributed by atoms with van der Waals surface area (Å²) in [7, 11) is 0.605. The van der Waals surface area contributed by atoms with Crippen molar-refractivity contribution in [1.82, 2.24) is 9.21 Å². The molecule has 1 amide bonds. The number of benzene rings is 1. The molecule has 0 atom stereocenters. The maximum atomic E-state index is 12.5. The molecule has 9 nitrogen and oxygen atoms in total. The second kappa shape index (κ2) is 9.67. The van der Waals surface area contributed by atoms with Crippen LogP contribution in [0.15, 0.2) is 23.1 Å². The van der Waals surface area contributed by atoms with Crippen molar-refractivity contribution in [1.29, 1.82) is 0 Å². The van der Waals surface area contributed by atoms with Gasteiger partial charge in [0.15, 0.2) is 6.61 Å². The molecule has 2 N–H and O–H groups in total. The van der Waals surface area contributed by atoms with Crippen molar-refractivity contribution in [3.8, 4) is 0 Å². The number of hydrogen-bond acceptors (Lipinski definition) is 7. The van der Waals surface area contributed by atoms with Crippen LogP contribution in [0, 0.1) is 0 Å². The minimum absolute atomic E-state index is 0.0358. The summed E-state index contributed by atoms with van der Waals surface area (Å²) in [5.41, 5.74) is 0.266. The Balaban J connectivity index is 3.13. The minimum Gasteiger partial charge on any atom is -0.452 e. The number of carbonyl (C=O) groups is 2. The van der Waals surface area contributed by atoms with Gasteiger partial charge in [0.05, 0.1) is 17.1 Å². The molecule has 1 rings (SSSR count). The monoisotopic (exact) mass is 401 g/mol. The van der Waals surface area contributed by atoms with Gasteiger partial charge in [0.25, 0.3) is 5.91 Å². The third-order valence-corrected chi connectivity index (χ3v) is 5.72. The molecule has 0 aliphatic rings. The number of aliphatic hydroxyl groups excluding tert-OH is 1. The highest BCUT2D eigenvalue weighted by molar-refractivity contribution is 7.89. The standard InChI is InChI=1S/C17H27N3O6S/c1-12(2)20(5)16(22)11-26-17(23)14-10-13(27(24,25)19(3)4)6-7-15(14)18-8-9-21/h6-7,10,12,18,21H,8-9,11H2,1-5H3. The molecule has 0 bridgehead atoms. The van der Waals surface area contributed by atoms with Gasteiger partial charge < -0.3 is 20.1 Å². The molecule has 27 heavy (non-hydrogen) atoms. The second-order valence-corrected chi connectivity index (χ2v) is 8.47. The van der Waals surface area contributed by atoms with Crippen LogP contribution in [-0.4, -0.2) is 81.5 Å². The van der Waals surface area contributed by atoms with E-state index in [1.54, 1.807) is 7.05 Å². The molecule has 0 aliphatic heterocycles. The average Bonchev–Trinajstić information content (AvgIpc) is 2.62. The third kappa shape index (κ3) is 5.91. The number of nitrogens with zero attached hydrogens (tertiary/aromatic N) is 2. The van der Waals surface area contributed by atoms with Crippen LogP contribution in [0.5, 0.6) is 0 Å². The number of amides is 1. The fraction of sp³-hybridized carbons (Fsp3) is 0.529. The van der Waals surface area contributed by atoms with E-state index < -0.39 is 22.6 Å². The zero-order valence-corrected chi connectivity index (χ0v) is 17.0. The highest BCUT2D eigenvalue weighted by Crippen LogP contribution is 2.23. The van der Waals surface area contributed by atoms with E-state index in [0.717, 1.165) is 4.31 Å². The molecule has 0 saturated heterocycles. The van der Waals surface area contributed by atoms with Crippen molar-refractivity contribution in [2.75, 3.05) is 46.2 Å². The number of anilines is 1. The van der Waals surface area contributed by atoms with E-state index in [-0.39, 0.29) is 35.6 Å². The van der Waals surface area contributed by atoms with Crippen molar-refractivity contribution in [2.45, 2.75) is 24.8 Å². The summed E-state index contributed by atoms with van der Waals surface area (Å²) in [6.07, 6.45) is 0. The molecule has 152 valence electrons. The van der Waals surface area contributed by atoms with Gasteiger partial charge in [0, 0.05) is 39.4 Å². The van der Waals surface area contributed by atoms with Crippen molar-refractivity contribution >= 4 is 27.6 Å². The molecular weight excluding hydrogens is 374 g/mol. The van der Waals surface area contributed by atoms with Crippen LogP contribution in [-0.2, 0) is 19.6 Å². The van der Waals surface area contributed by atoms with E-state index in [1.165, 1.54) is 37.2 Å². The number of nitrogens with one attached hydrogen (secondary N) is 1. The maximum Gasteiger partial charge on any atom is 0.340 e. The molecular formula is C17H27N3O6S. The van der Waals surface area contributed by atoms with Crippen LogP contribution in [0.3, 0.4) is 0 Å². The Morgan fingerprint density at radius 2 is 1.85 bits per heavy atom. The highest BCUT2D eigenvalue weighted by atomic mass is 32.2. The Kier molecular flexibility index (Phi) is 8.20. The van der Waals surface area contributed by atoms with E-state index in [4.69, 9.17) is 9.84 Å². The Morgan fingerprint density at radius 1 is 1.22 bits per heavy atom. The summed E-state index contributed by atoms with van der Waals surface area (Å²) in [6.45, 7) is 3.18. The lowest BCUT2D eigenvalue weighted by atomic mass is 10.2. The zero-order valence-electron chi connectivity index (χ0n) is 16.2. The molecule has 0 heterocycles. The van der Waals surface area contributed by atoms with Crippen LogP contribution in [0.4, 0.5) is 5.69 Å². The SMILES string of the molecule is CC(C)N(C)C(=O)COC(=O)c1cc(S(=O)(=O)N(C)C)ccc1NCCO. The maximum absolute atomic E-state index is 12.5. The quantitative estimate of drug-likeness (QED) is 0.574. The molecule has 10 heteroatoms. The Labute approximate surface area is 160 Å². The number of likely N-dealkylation sites (N-methyl/N-ethyl adjacent to an activating group) is 1. The first-order valence-corrected chi connectivity index (χ1v) is 9.80. The normalized spacial score (nSPS) is 11.6. The first-order valence-electron chi connectivity index (χ1n) is 8.36. The van der Waals surface area contributed by atoms with Gasteiger partial charge in [-0.2, -0.15) is 0 Å². The first kappa shape index (κ1) is 22.9. The number of rotatable bonds is 9. The molecule has 0 fully saturated rings. The minimum atomic E-state index is -3.75. The summed E-state index contributed by atoms with van der Waals surface area (Å²) >= 11 is 0. The Morgan fingerprint density at radius 3 is 2.37 bits per heavy atom. The van der Waals surface area contributed by atoms with E-state index in [1.807, 2.05) is 13.8 Å². The molecule has 1 aromatic rings. The summed E-state index contributed by atoms with van der Waals surface area (Å²) in [5, 5.41) is 11.8. The lowest BCUT2D eigenvalue weighted by molar-refractivity contribution is -0.134. The van der Waals surface area contributed by atoms with Crippen LogP contribution in [0.2, 0.25) is 0 Å². The van der Waals surface area contributed by atoms with Gasteiger partial charge >= 0.3 is 5.97 Å². The average molecular weight is 401 g/mol. The van der Waals surface area contributed by atoms with Crippen molar-refractivity contribution < 1.29 is 27.9 Å². The fourth-order valence-corrected chi connectivity index (χ4v) is 2.93. The van der Waals surface area contributed by atoms with Crippen LogP contribution >= 0.6 is 0 Å². The van der Waals surface area contributed by atoms with Gasteiger partial charge in [-0.3, -0.25) is 4.79 Å². The van der Waals surface area contributed by atoms with E-state index in [0.29, 0.717) is 5.69 Å². The van der Waals surface area contributed by atoms with Crippen LogP contribution < -0.4 is 5.32 Å². The number of sulfonamides is 1. The highest BCUT2D eigenvalue weighted by Gasteiger charge is 2.23. The van der Waals surface area contributed by atoms with Gasteiger partial charge in [0.1, 0.15) is 0 Å². The van der Waals surface area contributed by atoms with Gasteiger partial charge in [0.2, 0.25) is 10.0 Å². The summed E-state index contributed by atoms with van der Waals surface area (Å²) in [6, 6.07) is 3.91. The summed E-state index contributed by atoms with van der Waals surface area (Å²) in [5.74, 6) is -1.21. The van der Waals surface area contributed by atoms with Gasteiger partial charge in [-0.05, 0) is 32.0 Å². The van der Waals surface area contributed by atoms with E-state index in [2.05, 4.69) is 5.32 Å². The molecule has 0 spiro atoms. The Bertz CT molecular complexity index is 777. The van der Waals surface area contributed by atoms with Crippen molar-refractivity contribution in [2.24, 2.45) is 0 Å². The number of ether oxygens (including phenoxy) is 1. The van der Waals surface area contributed by atoms with E-state index in [9.17, 15) is 18.0 Å². The van der Waals surface area contributed by atoms with Gasteiger partial charge in [-0.25, -0.2) is 17.5 Å². The lowest BCUT2D eigenvalue weighted by Gasteiger charge is -2.21. The smallest absolute Gasteiger partial charge is 0.340 e.